The molecule has 3 aromatic rings. The number of aromatic nitrogens is 1. The number of aryl methyl sites for hydroxylation is 2. The molecule has 5 nitrogen and oxygen atoms in total. The minimum Gasteiger partial charge on any atom is -0.325 e. The molecule has 0 aliphatic rings. The standard InChI is InChI=1S/C21H21N3O2S2/c1-13-4-9-19(22-14(2)25)20(10-13)24-21(26)16-5-7-18(8-6-16)28-12-17-11-27-15(3)23-17/h4-11H,12H2,1-3H3,(H,22,25)(H,24,26). The molecule has 0 aliphatic heterocycles. The lowest BCUT2D eigenvalue weighted by Gasteiger charge is -2.12. The Kier molecular flexibility index (Phi) is 6.49. The number of hydrogen-bond donors (Lipinski definition) is 2. The number of nitrogens with zero attached hydrogens (tertiary/aromatic N) is 1. The molecule has 0 radical (unpaired) electrons. The Morgan fingerprint density at radius 1 is 1.04 bits per heavy atom. The van der Waals surface area contributed by atoms with E-state index in [1.807, 2.05) is 38.1 Å². The van der Waals surface area contributed by atoms with Gasteiger partial charge in [-0.15, -0.1) is 23.1 Å². The summed E-state index contributed by atoms with van der Waals surface area (Å²) < 4.78 is 0. The highest BCUT2D eigenvalue weighted by Crippen LogP contribution is 2.26. The summed E-state index contributed by atoms with van der Waals surface area (Å²) in [5.74, 6) is 0.402. The highest BCUT2D eigenvalue weighted by molar-refractivity contribution is 7.98. The van der Waals surface area contributed by atoms with E-state index in [4.69, 9.17) is 0 Å². The van der Waals surface area contributed by atoms with Gasteiger partial charge in [0.05, 0.1) is 22.1 Å². The summed E-state index contributed by atoms with van der Waals surface area (Å²) in [7, 11) is 0. The van der Waals surface area contributed by atoms with E-state index >= 15 is 0 Å². The van der Waals surface area contributed by atoms with Crippen LogP contribution < -0.4 is 10.6 Å². The first-order chi connectivity index (χ1) is 13.4. The van der Waals surface area contributed by atoms with Gasteiger partial charge in [0.2, 0.25) is 5.91 Å². The summed E-state index contributed by atoms with van der Waals surface area (Å²) in [6, 6.07) is 13.0. The Hall–Kier alpha value is -2.64. The number of thiazole rings is 1. The Labute approximate surface area is 172 Å². The predicted molar refractivity (Wildman–Crippen MR) is 116 cm³/mol. The summed E-state index contributed by atoms with van der Waals surface area (Å²) in [6.45, 7) is 5.37. The molecule has 0 bridgehead atoms. The second kappa shape index (κ2) is 9.03. The third kappa shape index (κ3) is 5.43. The molecule has 28 heavy (non-hydrogen) atoms. The van der Waals surface area contributed by atoms with Crippen LogP contribution in [0.1, 0.15) is 33.5 Å². The van der Waals surface area contributed by atoms with Crippen molar-refractivity contribution in [2.45, 2.75) is 31.4 Å². The van der Waals surface area contributed by atoms with Crippen LogP contribution >= 0.6 is 23.1 Å². The lowest BCUT2D eigenvalue weighted by Crippen LogP contribution is -2.15. The molecule has 7 heteroatoms. The topological polar surface area (TPSA) is 71.1 Å². The zero-order valence-corrected chi connectivity index (χ0v) is 17.5. The highest BCUT2D eigenvalue weighted by atomic mass is 32.2. The summed E-state index contributed by atoms with van der Waals surface area (Å²) in [5.41, 5.74) is 3.78. The van der Waals surface area contributed by atoms with E-state index in [0.717, 1.165) is 26.9 Å². The summed E-state index contributed by atoms with van der Waals surface area (Å²) in [6.07, 6.45) is 0. The van der Waals surface area contributed by atoms with Gasteiger partial charge in [-0.3, -0.25) is 9.59 Å². The van der Waals surface area contributed by atoms with Gasteiger partial charge in [0.25, 0.3) is 5.91 Å². The van der Waals surface area contributed by atoms with Crippen LogP contribution in [0, 0.1) is 13.8 Å². The Balaban J connectivity index is 1.66. The Morgan fingerprint density at radius 3 is 2.43 bits per heavy atom. The molecule has 3 rings (SSSR count). The molecular weight excluding hydrogens is 390 g/mol. The lowest BCUT2D eigenvalue weighted by molar-refractivity contribution is -0.114. The van der Waals surface area contributed by atoms with Gasteiger partial charge in [-0.2, -0.15) is 0 Å². The number of hydrogen-bond acceptors (Lipinski definition) is 5. The van der Waals surface area contributed by atoms with Gasteiger partial charge in [0.1, 0.15) is 0 Å². The van der Waals surface area contributed by atoms with Gasteiger partial charge in [-0.25, -0.2) is 4.98 Å². The van der Waals surface area contributed by atoms with Crippen molar-refractivity contribution in [1.82, 2.24) is 4.98 Å². The van der Waals surface area contributed by atoms with E-state index in [1.54, 1.807) is 41.3 Å². The van der Waals surface area contributed by atoms with Gasteiger partial charge in [-0.05, 0) is 55.8 Å². The molecule has 0 fully saturated rings. The summed E-state index contributed by atoms with van der Waals surface area (Å²) in [4.78, 5) is 29.5. The van der Waals surface area contributed by atoms with E-state index in [0.29, 0.717) is 16.9 Å². The first kappa shape index (κ1) is 20.1. The van der Waals surface area contributed by atoms with Crippen molar-refractivity contribution in [2.24, 2.45) is 0 Å². The Morgan fingerprint density at radius 2 is 1.79 bits per heavy atom. The van der Waals surface area contributed by atoms with Crippen LogP contribution in [0.3, 0.4) is 0 Å². The van der Waals surface area contributed by atoms with Crippen LogP contribution in [0.5, 0.6) is 0 Å². The fraction of sp³-hybridized carbons (Fsp3) is 0.190. The molecule has 144 valence electrons. The maximum absolute atomic E-state index is 12.6. The number of amides is 2. The number of anilines is 2. The minimum absolute atomic E-state index is 0.184. The number of carbonyl (C=O) groups is 2. The predicted octanol–water partition coefficient (Wildman–Crippen LogP) is 5.26. The molecule has 0 spiro atoms. The Bertz CT molecular complexity index is 997. The number of rotatable bonds is 6. The zero-order valence-electron chi connectivity index (χ0n) is 15.9. The van der Waals surface area contributed by atoms with Crippen molar-refractivity contribution >= 4 is 46.3 Å². The number of thioether (sulfide) groups is 1. The van der Waals surface area contributed by atoms with Gasteiger partial charge in [-0.1, -0.05) is 6.07 Å². The molecule has 0 saturated carbocycles. The van der Waals surface area contributed by atoms with Gasteiger partial charge in [0.15, 0.2) is 0 Å². The number of benzene rings is 2. The van der Waals surface area contributed by atoms with Crippen molar-refractivity contribution in [2.75, 3.05) is 10.6 Å². The molecule has 1 aromatic heterocycles. The van der Waals surface area contributed by atoms with Crippen molar-refractivity contribution in [3.63, 3.8) is 0 Å². The van der Waals surface area contributed by atoms with Crippen molar-refractivity contribution in [1.29, 1.82) is 0 Å². The van der Waals surface area contributed by atoms with Crippen LogP contribution in [0.4, 0.5) is 11.4 Å². The largest absolute Gasteiger partial charge is 0.325 e. The minimum atomic E-state index is -0.219. The monoisotopic (exact) mass is 411 g/mol. The van der Waals surface area contributed by atoms with E-state index < -0.39 is 0 Å². The summed E-state index contributed by atoms with van der Waals surface area (Å²) >= 11 is 3.34. The number of nitrogens with one attached hydrogen (secondary N) is 2. The van der Waals surface area contributed by atoms with E-state index in [9.17, 15) is 9.59 Å². The molecule has 0 atom stereocenters. The van der Waals surface area contributed by atoms with Crippen LogP contribution in [0.25, 0.3) is 0 Å². The second-order valence-corrected chi connectivity index (χ2v) is 8.47. The fourth-order valence-corrected chi connectivity index (χ4v) is 4.10. The molecule has 0 unspecified atom stereocenters. The summed E-state index contributed by atoms with van der Waals surface area (Å²) in [5, 5.41) is 8.76. The molecule has 2 N–H and O–H groups in total. The number of carbonyl (C=O) groups excluding carboxylic acids is 2. The molecule has 0 saturated heterocycles. The van der Waals surface area contributed by atoms with Crippen LogP contribution in [0.2, 0.25) is 0 Å². The molecule has 2 aromatic carbocycles. The smallest absolute Gasteiger partial charge is 0.255 e. The average molecular weight is 412 g/mol. The first-order valence-corrected chi connectivity index (χ1v) is 10.6. The van der Waals surface area contributed by atoms with E-state index in [2.05, 4.69) is 21.0 Å². The third-order valence-corrected chi connectivity index (χ3v) is 5.77. The van der Waals surface area contributed by atoms with Gasteiger partial charge in [0, 0.05) is 28.5 Å². The highest BCUT2D eigenvalue weighted by Gasteiger charge is 2.11. The van der Waals surface area contributed by atoms with E-state index in [1.165, 1.54) is 6.92 Å². The van der Waals surface area contributed by atoms with Gasteiger partial charge < -0.3 is 10.6 Å². The average Bonchev–Trinajstić information content (AvgIpc) is 3.07. The lowest BCUT2D eigenvalue weighted by atomic mass is 10.1. The van der Waals surface area contributed by atoms with Crippen molar-refractivity contribution < 1.29 is 9.59 Å². The maximum Gasteiger partial charge on any atom is 0.255 e. The van der Waals surface area contributed by atoms with Crippen LogP contribution in [0.15, 0.2) is 52.7 Å². The molecule has 2 amide bonds. The van der Waals surface area contributed by atoms with Crippen molar-refractivity contribution in [3.8, 4) is 0 Å². The maximum atomic E-state index is 12.6. The van der Waals surface area contributed by atoms with Crippen molar-refractivity contribution in [3.05, 3.63) is 69.7 Å². The SMILES string of the molecule is CC(=O)Nc1ccc(C)cc1NC(=O)c1ccc(SCc2csc(C)n2)cc1. The van der Waals surface area contributed by atoms with Gasteiger partial charge >= 0.3 is 0 Å². The first-order valence-electron chi connectivity index (χ1n) is 8.74. The quantitative estimate of drug-likeness (QED) is 0.543. The normalized spacial score (nSPS) is 10.5. The third-order valence-electron chi connectivity index (χ3n) is 3.90. The second-order valence-electron chi connectivity index (χ2n) is 6.36. The molecule has 0 aliphatic carbocycles. The molecular formula is C21H21N3O2S2. The zero-order chi connectivity index (χ0) is 20.1. The fourth-order valence-electron chi connectivity index (χ4n) is 2.59. The van der Waals surface area contributed by atoms with Crippen LogP contribution in [-0.4, -0.2) is 16.8 Å². The van der Waals surface area contributed by atoms with E-state index in [-0.39, 0.29) is 11.8 Å². The molecule has 1 heterocycles. The van der Waals surface area contributed by atoms with Crippen LogP contribution in [-0.2, 0) is 10.5 Å².